The fraction of sp³-hybridized carbons (Fsp3) is 0.889. The Morgan fingerprint density at radius 3 is 2.38 bits per heavy atom. The zero-order valence-electron chi connectivity index (χ0n) is 8.03. The van der Waals surface area contributed by atoms with E-state index >= 15 is 0 Å². The average molecular weight is 208 g/mol. The number of carboxylic acid groups (broad SMARTS) is 1. The van der Waals surface area contributed by atoms with Gasteiger partial charge in [-0.15, -0.1) is 12.4 Å². The summed E-state index contributed by atoms with van der Waals surface area (Å²) in [5.74, 6) is -0.227. The Kier molecular flexibility index (Phi) is 6.08. The fourth-order valence-electron chi connectivity index (χ4n) is 1.75. The molecule has 0 aromatic rings. The van der Waals surface area contributed by atoms with Crippen molar-refractivity contribution in [3.63, 3.8) is 0 Å². The van der Waals surface area contributed by atoms with E-state index in [4.69, 9.17) is 5.11 Å². The lowest BCUT2D eigenvalue weighted by Gasteiger charge is -2.30. The van der Waals surface area contributed by atoms with E-state index in [2.05, 4.69) is 11.8 Å². The topological polar surface area (TPSA) is 40.5 Å². The third-order valence-corrected chi connectivity index (χ3v) is 2.62. The SMILES string of the molecule is CCN1CCC(CC(=O)O)CC1.Cl. The average Bonchev–Trinajstić information content (AvgIpc) is 2.05. The summed E-state index contributed by atoms with van der Waals surface area (Å²) in [7, 11) is 0. The first-order valence-electron chi connectivity index (χ1n) is 4.66. The Balaban J connectivity index is 0.00000144. The van der Waals surface area contributed by atoms with Crippen LogP contribution in [0.2, 0.25) is 0 Å². The Hall–Kier alpha value is -0.280. The predicted molar refractivity (Wildman–Crippen MR) is 54.3 cm³/mol. The van der Waals surface area contributed by atoms with E-state index < -0.39 is 5.97 Å². The number of hydrogen-bond donors (Lipinski definition) is 1. The van der Waals surface area contributed by atoms with Gasteiger partial charge in [0.1, 0.15) is 0 Å². The van der Waals surface area contributed by atoms with Gasteiger partial charge in [0.25, 0.3) is 0 Å². The van der Waals surface area contributed by atoms with E-state index in [1.165, 1.54) is 0 Å². The number of carboxylic acids is 1. The molecule has 1 aliphatic heterocycles. The highest BCUT2D eigenvalue weighted by atomic mass is 35.5. The predicted octanol–water partition coefficient (Wildman–Crippen LogP) is 1.61. The molecule has 0 aromatic carbocycles. The standard InChI is InChI=1S/C9H17NO2.ClH/c1-2-10-5-3-8(4-6-10)7-9(11)12;/h8H,2-7H2,1H3,(H,11,12);1H. The van der Waals surface area contributed by atoms with Crippen LogP contribution >= 0.6 is 12.4 Å². The summed E-state index contributed by atoms with van der Waals surface area (Å²) in [5, 5.41) is 8.58. The van der Waals surface area contributed by atoms with Crippen LogP contribution in [0.15, 0.2) is 0 Å². The normalized spacial score (nSPS) is 19.5. The molecule has 1 aliphatic rings. The Labute approximate surface area is 85.5 Å². The molecule has 13 heavy (non-hydrogen) atoms. The van der Waals surface area contributed by atoms with E-state index in [-0.39, 0.29) is 12.4 Å². The summed E-state index contributed by atoms with van der Waals surface area (Å²) in [5.41, 5.74) is 0. The number of aliphatic carboxylic acids is 1. The van der Waals surface area contributed by atoms with Crippen LogP contribution in [0.25, 0.3) is 0 Å². The number of nitrogens with zero attached hydrogens (tertiary/aromatic N) is 1. The molecule has 1 saturated heterocycles. The highest BCUT2D eigenvalue weighted by molar-refractivity contribution is 5.85. The van der Waals surface area contributed by atoms with Crippen LogP contribution < -0.4 is 0 Å². The van der Waals surface area contributed by atoms with Gasteiger partial charge in [-0.3, -0.25) is 4.79 Å². The first kappa shape index (κ1) is 12.7. The van der Waals surface area contributed by atoms with Crippen LogP contribution in [0, 0.1) is 5.92 Å². The molecule has 0 amide bonds. The van der Waals surface area contributed by atoms with E-state index in [1.807, 2.05) is 0 Å². The van der Waals surface area contributed by atoms with Crippen LogP contribution in [-0.4, -0.2) is 35.6 Å². The van der Waals surface area contributed by atoms with Crippen molar-refractivity contribution < 1.29 is 9.90 Å². The third-order valence-electron chi connectivity index (χ3n) is 2.62. The molecule has 1 N–H and O–H groups in total. The van der Waals surface area contributed by atoms with Gasteiger partial charge in [-0.05, 0) is 38.4 Å². The summed E-state index contributed by atoms with van der Waals surface area (Å²) in [6, 6.07) is 0. The van der Waals surface area contributed by atoms with Gasteiger partial charge in [-0.25, -0.2) is 0 Å². The Morgan fingerprint density at radius 2 is 2.00 bits per heavy atom. The second kappa shape index (κ2) is 6.22. The minimum atomic E-state index is -0.648. The van der Waals surface area contributed by atoms with Crippen LogP contribution in [0.1, 0.15) is 26.2 Å². The molecule has 78 valence electrons. The molecule has 0 aliphatic carbocycles. The molecule has 1 heterocycles. The molecule has 1 fully saturated rings. The van der Waals surface area contributed by atoms with Crippen molar-refractivity contribution in [1.82, 2.24) is 4.90 Å². The van der Waals surface area contributed by atoms with Crippen molar-refractivity contribution in [2.45, 2.75) is 26.2 Å². The maximum absolute atomic E-state index is 10.4. The van der Waals surface area contributed by atoms with Gasteiger partial charge in [0.05, 0.1) is 0 Å². The summed E-state index contributed by atoms with van der Waals surface area (Å²) in [6.07, 6.45) is 2.47. The van der Waals surface area contributed by atoms with Gasteiger partial charge in [0.15, 0.2) is 0 Å². The first-order chi connectivity index (χ1) is 5.72. The van der Waals surface area contributed by atoms with Crippen LogP contribution in [-0.2, 0) is 4.79 Å². The number of hydrogen-bond acceptors (Lipinski definition) is 2. The first-order valence-corrected chi connectivity index (χ1v) is 4.66. The zero-order chi connectivity index (χ0) is 8.97. The van der Waals surface area contributed by atoms with Gasteiger partial charge >= 0.3 is 5.97 Å². The molecule has 0 saturated carbocycles. The zero-order valence-corrected chi connectivity index (χ0v) is 8.85. The lowest BCUT2D eigenvalue weighted by atomic mass is 9.94. The maximum atomic E-state index is 10.4. The van der Waals surface area contributed by atoms with E-state index in [9.17, 15) is 4.79 Å². The van der Waals surface area contributed by atoms with Crippen LogP contribution in [0.3, 0.4) is 0 Å². The van der Waals surface area contributed by atoms with Gasteiger partial charge in [-0.1, -0.05) is 6.92 Å². The monoisotopic (exact) mass is 207 g/mol. The second-order valence-corrected chi connectivity index (χ2v) is 3.48. The van der Waals surface area contributed by atoms with E-state index in [1.54, 1.807) is 0 Å². The third kappa shape index (κ3) is 4.48. The van der Waals surface area contributed by atoms with E-state index in [0.29, 0.717) is 12.3 Å². The quantitative estimate of drug-likeness (QED) is 0.765. The number of halogens is 1. The lowest BCUT2D eigenvalue weighted by molar-refractivity contribution is -0.138. The van der Waals surface area contributed by atoms with Crippen molar-refractivity contribution in [2.75, 3.05) is 19.6 Å². The highest BCUT2D eigenvalue weighted by Gasteiger charge is 2.19. The second-order valence-electron chi connectivity index (χ2n) is 3.48. The molecule has 4 heteroatoms. The molecule has 0 unspecified atom stereocenters. The van der Waals surface area contributed by atoms with Crippen molar-refractivity contribution in [3.05, 3.63) is 0 Å². The van der Waals surface area contributed by atoms with Crippen molar-refractivity contribution in [1.29, 1.82) is 0 Å². The Morgan fingerprint density at radius 1 is 1.46 bits per heavy atom. The number of piperidine rings is 1. The molecule has 0 bridgehead atoms. The summed E-state index contributed by atoms with van der Waals surface area (Å²) < 4.78 is 0. The Bertz CT molecular complexity index is 156. The summed E-state index contributed by atoms with van der Waals surface area (Å²) >= 11 is 0. The van der Waals surface area contributed by atoms with Crippen molar-refractivity contribution in [3.8, 4) is 0 Å². The number of rotatable bonds is 3. The maximum Gasteiger partial charge on any atom is 0.303 e. The largest absolute Gasteiger partial charge is 0.481 e. The molecule has 3 nitrogen and oxygen atoms in total. The van der Waals surface area contributed by atoms with Crippen molar-refractivity contribution >= 4 is 18.4 Å². The molecule has 1 rings (SSSR count). The number of carbonyl (C=O) groups is 1. The molecule has 0 radical (unpaired) electrons. The van der Waals surface area contributed by atoms with Gasteiger partial charge < -0.3 is 10.0 Å². The summed E-state index contributed by atoms with van der Waals surface area (Å²) in [6.45, 7) is 5.40. The molecule has 0 spiro atoms. The minimum Gasteiger partial charge on any atom is -0.481 e. The highest BCUT2D eigenvalue weighted by Crippen LogP contribution is 2.19. The number of likely N-dealkylation sites (tertiary alicyclic amines) is 1. The molecule has 0 atom stereocenters. The molecule has 0 aromatic heterocycles. The minimum absolute atomic E-state index is 0. The summed E-state index contributed by atoms with van der Waals surface area (Å²) in [4.78, 5) is 12.8. The van der Waals surface area contributed by atoms with Gasteiger partial charge in [-0.2, -0.15) is 0 Å². The fourth-order valence-corrected chi connectivity index (χ4v) is 1.75. The molecular weight excluding hydrogens is 190 g/mol. The van der Waals surface area contributed by atoms with Crippen LogP contribution in [0.5, 0.6) is 0 Å². The van der Waals surface area contributed by atoms with Gasteiger partial charge in [0, 0.05) is 6.42 Å². The van der Waals surface area contributed by atoms with Crippen LogP contribution in [0.4, 0.5) is 0 Å². The molecular formula is C9H18ClNO2. The van der Waals surface area contributed by atoms with E-state index in [0.717, 1.165) is 32.5 Å². The smallest absolute Gasteiger partial charge is 0.303 e. The van der Waals surface area contributed by atoms with Crippen molar-refractivity contribution in [2.24, 2.45) is 5.92 Å². The lowest BCUT2D eigenvalue weighted by Crippen LogP contribution is -2.34. The van der Waals surface area contributed by atoms with Gasteiger partial charge in [0.2, 0.25) is 0 Å².